The summed E-state index contributed by atoms with van der Waals surface area (Å²) in [6.07, 6.45) is -6.52. The van der Waals surface area contributed by atoms with Gasteiger partial charge in [-0.1, -0.05) is 12.1 Å². The smallest absolute Gasteiger partial charge is 0.321 e. The van der Waals surface area contributed by atoms with Gasteiger partial charge in [0, 0.05) is 74.4 Å². The van der Waals surface area contributed by atoms with E-state index in [9.17, 15) is 59.1 Å². The summed E-state index contributed by atoms with van der Waals surface area (Å²) in [5, 5.41) is 60.7. The Morgan fingerprint density at radius 1 is 1.08 bits per heavy atom. The number of rotatable bonds is 16. The van der Waals surface area contributed by atoms with E-state index in [1.165, 1.54) is 32.2 Å². The molecule has 2 saturated heterocycles. The van der Waals surface area contributed by atoms with Gasteiger partial charge in [-0.05, 0) is 19.4 Å². The minimum atomic E-state index is -2.29. The first kappa shape index (κ1) is 46.0. The number of aromatic hydroxyl groups is 2. The SMILES string of the molecule is COc1cccc2c1C(=O)c1c(O)c3c(c(O)c1C2=O)C[C@@](O)(/C(CO)=N\NC(=O)CCCN1C(=O)CC(SCCC(N)=O)C1=O)C[C@@H]3O[C@H]1C[C@H](NOC(C)=O)[C@H](O)[C@H](C)O1. The number of amides is 4. The molecule has 1 unspecified atom stereocenters. The molecule has 21 nitrogen and oxygen atoms in total. The van der Waals surface area contributed by atoms with Crippen molar-refractivity contribution in [2.24, 2.45) is 10.8 Å². The number of likely N-dealkylation sites (tertiary alicyclic amines) is 1. The number of phenolic OH excluding ortho intramolecular Hbond substituents is 2. The van der Waals surface area contributed by atoms with Crippen molar-refractivity contribution in [1.82, 2.24) is 15.8 Å². The minimum Gasteiger partial charge on any atom is -0.507 e. The lowest BCUT2D eigenvalue weighted by Crippen LogP contribution is -2.55. The van der Waals surface area contributed by atoms with E-state index >= 15 is 0 Å². The number of ether oxygens (including phenoxy) is 3. The number of hydrogen-bond acceptors (Lipinski definition) is 19. The number of nitrogens with zero attached hydrogens (tertiary/aromatic N) is 2. The van der Waals surface area contributed by atoms with Gasteiger partial charge in [-0.25, -0.2) is 5.43 Å². The number of aliphatic hydroxyl groups is 3. The molecule has 4 amide bonds. The van der Waals surface area contributed by atoms with Gasteiger partial charge >= 0.3 is 5.97 Å². The molecule has 334 valence electrons. The normalized spacial score (nSPS) is 25.8. The van der Waals surface area contributed by atoms with Crippen molar-refractivity contribution in [2.75, 3.05) is 26.0 Å². The van der Waals surface area contributed by atoms with Gasteiger partial charge in [-0.15, -0.1) is 17.2 Å². The topological polar surface area (TPSA) is 323 Å². The minimum absolute atomic E-state index is 0.0291. The van der Waals surface area contributed by atoms with Gasteiger partial charge in [0.25, 0.3) is 0 Å². The van der Waals surface area contributed by atoms with Crippen LogP contribution in [0.3, 0.4) is 0 Å². The molecule has 0 radical (unpaired) electrons. The highest BCUT2D eigenvalue weighted by Crippen LogP contribution is 2.52. The first-order chi connectivity index (χ1) is 29.4. The van der Waals surface area contributed by atoms with Crippen LogP contribution in [0.15, 0.2) is 23.3 Å². The van der Waals surface area contributed by atoms with Gasteiger partial charge in [0.15, 0.2) is 12.1 Å². The molecule has 0 aromatic heterocycles. The number of hydrogen-bond donors (Lipinski definition) is 8. The van der Waals surface area contributed by atoms with Crippen molar-refractivity contribution < 1.29 is 78.1 Å². The number of primary amides is 1. The molecule has 7 atom stereocenters. The molecule has 0 spiro atoms. The quantitative estimate of drug-likeness (QED) is 0.0390. The fourth-order valence-corrected chi connectivity index (χ4v) is 9.17. The predicted octanol–water partition coefficient (Wildman–Crippen LogP) is -0.470. The molecular formula is C40H47N5O16S. The van der Waals surface area contributed by atoms with Gasteiger partial charge in [-0.3, -0.25) is 38.5 Å². The van der Waals surface area contributed by atoms with Crippen LogP contribution < -0.4 is 21.4 Å². The molecule has 22 heteroatoms. The van der Waals surface area contributed by atoms with Crippen molar-refractivity contribution >= 4 is 58.6 Å². The number of aliphatic hydroxyl groups excluding tert-OH is 2. The number of hydroxylamine groups is 1. The Labute approximate surface area is 357 Å². The summed E-state index contributed by atoms with van der Waals surface area (Å²) in [5.41, 5.74) is 5.27. The Morgan fingerprint density at radius 2 is 1.81 bits per heavy atom. The van der Waals surface area contributed by atoms with Crippen molar-refractivity contribution in [1.29, 1.82) is 0 Å². The third-order valence-corrected chi connectivity index (χ3v) is 12.3. The Balaban J connectivity index is 1.28. The Morgan fingerprint density at radius 3 is 2.48 bits per heavy atom. The average Bonchev–Trinajstić information content (AvgIpc) is 3.48. The number of nitrogens with two attached hydrogens (primary N) is 1. The highest BCUT2D eigenvalue weighted by molar-refractivity contribution is 8.00. The molecule has 0 saturated carbocycles. The molecule has 2 aliphatic carbocycles. The van der Waals surface area contributed by atoms with Crippen molar-refractivity contribution in [2.45, 2.75) is 100 Å². The zero-order valence-electron chi connectivity index (χ0n) is 33.9. The fourth-order valence-electron chi connectivity index (χ4n) is 8.04. The summed E-state index contributed by atoms with van der Waals surface area (Å²) in [6.45, 7) is 1.59. The molecule has 9 N–H and O–H groups in total. The molecule has 62 heavy (non-hydrogen) atoms. The standard InChI is InChI=1S/C40H47N5O16S/c1-17-34(51)21(44-61-18(2)47)12-29(59-17)60-23-15-40(57,25(16-46)42-43-27(49)8-5-10-45-28(50)13-24(39(45)56)62-11-9-26(41)48)14-20-31(23)38(55)33-32(36(20)53)35(52)19-6-4-7-22(58-3)30(19)37(33)54/h4,6-7,17,21,23-24,29,34,44,46,51,53,55,57H,5,8-16H2,1-3H3,(H2,41,48)(H,43,49)/b42-25-/t17-,21-,23-,24?,29-,34+,40-/m0/s1. The number of fused-ring (bicyclic) bond motifs is 3. The van der Waals surface area contributed by atoms with Gasteiger partial charge in [-0.2, -0.15) is 5.10 Å². The summed E-state index contributed by atoms with van der Waals surface area (Å²) in [5.74, 6) is -5.78. The van der Waals surface area contributed by atoms with Crippen molar-refractivity contribution in [3.05, 3.63) is 51.6 Å². The van der Waals surface area contributed by atoms with Gasteiger partial charge in [0.1, 0.15) is 22.8 Å². The van der Waals surface area contributed by atoms with Gasteiger partial charge in [0.05, 0.1) is 65.7 Å². The second kappa shape index (κ2) is 18.9. The second-order valence-corrected chi connectivity index (χ2v) is 16.6. The first-order valence-corrected chi connectivity index (χ1v) is 20.7. The van der Waals surface area contributed by atoms with E-state index in [0.717, 1.165) is 23.6 Å². The lowest BCUT2D eigenvalue weighted by molar-refractivity contribution is -0.255. The van der Waals surface area contributed by atoms with Crippen LogP contribution >= 0.6 is 11.8 Å². The zero-order valence-corrected chi connectivity index (χ0v) is 34.7. The van der Waals surface area contributed by atoms with Crippen LogP contribution in [-0.4, -0.2) is 139 Å². The van der Waals surface area contributed by atoms with E-state index in [-0.39, 0.29) is 72.4 Å². The number of carbonyl (C=O) groups excluding carboxylic acids is 7. The summed E-state index contributed by atoms with van der Waals surface area (Å²) in [7, 11) is 1.29. The summed E-state index contributed by atoms with van der Waals surface area (Å²) in [4.78, 5) is 94.8. The number of nitrogens with one attached hydrogen (secondary N) is 2. The van der Waals surface area contributed by atoms with Gasteiger partial charge < -0.3 is 50.3 Å². The number of phenols is 2. The first-order valence-electron chi connectivity index (χ1n) is 19.6. The van der Waals surface area contributed by atoms with Crippen LogP contribution in [0.25, 0.3) is 0 Å². The maximum absolute atomic E-state index is 14.1. The second-order valence-electron chi connectivity index (χ2n) is 15.3. The number of ketones is 2. The average molecular weight is 886 g/mol. The van der Waals surface area contributed by atoms with Crippen LogP contribution in [-0.2, 0) is 44.7 Å². The molecule has 2 aromatic carbocycles. The molecule has 6 rings (SSSR count). The molecule has 2 heterocycles. The number of methoxy groups -OCH3 is 1. The van der Waals surface area contributed by atoms with Crippen LogP contribution in [0.2, 0.25) is 0 Å². The molecule has 4 aliphatic rings. The largest absolute Gasteiger partial charge is 0.507 e. The monoisotopic (exact) mass is 885 g/mol. The van der Waals surface area contributed by atoms with E-state index in [4.69, 9.17) is 24.8 Å². The molecule has 0 bridgehead atoms. The fraction of sp³-hybridized carbons (Fsp3) is 0.500. The van der Waals surface area contributed by atoms with Crippen molar-refractivity contribution in [3.8, 4) is 17.2 Å². The number of imide groups is 1. The van der Waals surface area contributed by atoms with E-state index in [1.807, 2.05) is 0 Å². The molecular weight excluding hydrogens is 839 g/mol. The van der Waals surface area contributed by atoms with Crippen LogP contribution in [0.4, 0.5) is 0 Å². The highest BCUT2D eigenvalue weighted by Gasteiger charge is 2.50. The molecule has 2 aliphatic heterocycles. The van der Waals surface area contributed by atoms with E-state index in [2.05, 4.69) is 16.0 Å². The lowest BCUT2D eigenvalue weighted by atomic mass is 9.71. The van der Waals surface area contributed by atoms with Crippen molar-refractivity contribution in [3.63, 3.8) is 0 Å². The molecule has 2 fully saturated rings. The third kappa shape index (κ3) is 9.16. The van der Waals surface area contributed by atoms with E-state index in [1.54, 1.807) is 0 Å². The Hall–Kier alpha value is -5.49. The van der Waals surface area contributed by atoms with Crippen LogP contribution in [0.5, 0.6) is 17.2 Å². The summed E-state index contributed by atoms with van der Waals surface area (Å²) in [6, 6.07) is 3.32. The number of thioether (sulfide) groups is 1. The lowest BCUT2D eigenvalue weighted by Gasteiger charge is -2.43. The zero-order chi connectivity index (χ0) is 45.2. The van der Waals surface area contributed by atoms with Gasteiger partial charge in [0.2, 0.25) is 29.4 Å². The summed E-state index contributed by atoms with van der Waals surface area (Å²) >= 11 is 1.14. The Bertz CT molecular complexity index is 2220. The number of benzene rings is 2. The maximum Gasteiger partial charge on any atom is 0.321 e. The van der Waals surface area contributed by atoms with Crippen LogP contribution in [0, 0.1) is 0 Å². The molecule has 2 aromatic rings. The summed E-state index contributed by atoms with van der Waals surface area (Å²) < 4.78 is 17.5. The number of carbonyl (C=O) groups is 7. The predicted molar refractivity (Wildman–Crippen MR) is 214 cm³/mol. The Kier molecular flexibility index (Phi) is 14.0. The number of hydrazone groups is 1. The third-order valence-electron chi connectivity index (χ3n) is 11.1. The van der Waals surface area contributed by atoms with E-state index in [0.29, 0.717) is 0 Å². The van der Waals surface area contributed by atoms with E-state index < -0.39 is 130 Å². The van der Waals surface area contributed by atoms with Crippen LogP contribution in [0.1, 0.15) is 101 Å². The maximum atomic E-state index is 14.1. The highest BCUT2D eigenvalue weighted by atomic mass is 32.2.